The van der Waals surface area contributed by atoms with Crippen molar-refractivity contribution < 1.29 is 19.1 Å². The van der Waals surface area contributed by atoms with Crippen LogP contribution in [0.3, 0.4) is 0 Å². The third kappa shape index (κ3) is 5.90. The van der Waals surface area contributed by atoms with Gasteiger partial charge in [-0.3, -0.25) is 4.79 Å². The maximum absolute atomic E-state index is 12.8. The van der Waals surface area contributed by atoms with E-state index in [0.29, 0.717) is 30.9 Å². The van der Waals surface area contributed by atoms with Gasteiger partial charge < -0.3 is 18.9 Å². The number of carbonyl (C=O) groups excluding carboxylic acids is 2. The third-order valence-corrected chi connectivity index (χ3v) is 6.60. The summed E-state index contributed by atoms with van der Waals surface area (Å²) >= 11 is 0. The lowest BCUT2D eigenvalue weighted by Gasteiger charge is -2.30. The molecule has 34 heavy (non-hydrogen) atoms. The van der Waals surface area contributed by atoms with Crippen LogP contribution in [0, 0.1) is 12.3 Å². The average molecular weight is 469 g/mol. The molecule has 1 heterocycles. The van der Waals surface area contributed by atoms with Gasteiger partial charge >= 0.3 is 5.97 Å². The summed E-state index contributed by atoms with van der Waals surface area (Å²) in [5, 5.41) is 0. The number of unbranched alkanes of at least 4 members (excludes halogenated alkanes) is 1. The minimum absolute atomic E-state index is 0.0928. The quantitative estimate of drug-likeness (QED) is 0.316. The van der Waals surface area contributed by atoms with Gasteiger partial charge in [0.2, 0.25) is 0 Å². The fraction of sp³-hybridized carbons (Fsp3) is 0.571. The average Bonchev–Trinajstić information content (AvgIpc) is 3.11. The van der Waals surface area contributed by atoms with E-state index in [4.69, 9.17) is 9.47 Å². The zero-order valence-corrected chi connectivity index (χ0v) is 21.7. The molecular formula is C28H40N2O4. The molecule has 6 heteroatoms. The summed E-state index contributed by atoms with van der Waals surface area (Å²) in [6.07, 6.45) is 3.31. The lowest BCUT2D eigenvalue weighted by atomic mass is 9.76. The number of benzene rings is 1. The highest BCUT2D eigenvalue weighted by molar-refractivity contribution is 5.99. The van der Waals surface area contributed by atoms with Crippen LogP contribution < -0.4 is 4.74 Å². The molecule has 0 atom stereocenters. The minimum Gasteiger partial charge on any atom is -0.491 e. The van der Waals surface area contributed by atoms with E-state index in [1.807, 2.05) is 19.1 Å². The molecule has 0 aliphatic heterocycles. The number of ketones is 1. The van der Waals surface area contributed by atoms with Crippen LogP contribution >= 0.6 is 0 Å². The number of ether oxygens (including phenoxy) is 2. The first-order valence-corrected chi connectivity index (χ1v) is 12.6. The van der Waals surface area contributed by atoms with Crippen LogP contribution in [0.5, 0.6) is 5.75 Å². The van der Waals surface area contributed by atoms with Crippen LogP contribution in [-0.2, 0) is 11.2 Å². The number of aromatic nitrogens is 1. The van der Waals surface area contributed by atoms with Crippen LogP contribution in [0.1, 0.15) is 86.0 Å². The van der Waals surface area contributed by atoms with E-state index in [1.165, 1.54) is 0 Å². The standard InChI is InChI=1S/C28H40N2O4/c1-7-10-14-33-26-17-21(27(32)34-15-13-29(8-2)9-3)11-12-23(26)30-20(4)16-22-24(30)18-28(5,6)19-25(22)31/h11-12,16-17H,7-10,13-15,18-19H2,1-6H3. The highest BCUT2D eigenvalue weighted by atomic mass is 16.5. The first kappa shape index (κ1) is 26.0. The van der Waals surface area contributed by atoms with Crippen molar-refractivity contribution in [2.24, 2.45) is 5.41 Å². The van der Waals surface area contributed by atoms with E-state index in [9.17, 15) is 9.59 Å². The first-order valence-electron chi connectivity index (χ1n) is 12.6. The number of esters is 1. The Hall–Kier alpha value is -2.60. The highest BCUT2D eigenvalue weighted by Gasteiger charge is 2.34. The number of hydrogen-bond acceptors (Lipinski definition) is 5. The Balaban J connectivity index is 1.93. The summed E-state index contributed by atoms with van der Waals surface area (Å²) in [7, 11) is 0. The van der Waals surface area contributed by atoms with E-state index in [-0.39, 0.29) is 17.2 Å². The molecule has 0 bridgehead atoms. The predicted octanol–water partition coefficient (Wildman–Crippen LogP) is 5.62. The molecule has 0 unspecified atom stereocenters. The van der Waals surface area contributed by atoms with Crippen molar-refractivity contribution in [2.45, 2.75) is 67.2 Å². The SMILES string of the molecule is CCCCOc1cc(C(=O)OCCN(CC)CC)ccc1-n1c(C)cc2c1CC(C)(C)CC2=O. The van der Waals surface area contributed by atoms with Gasteiger partial charge in [0.15, 0.2) is 5.78 Å². The van der Waals surface area contributed by atoms with Crippen molar-refractivity contribution in [1.82, 2.24) is 9.47 Å². The number of likely N-dealkylation sites (N-methyl/N-ethyl adjacent to an activating group) is 1. The topological polar surface area (TPSA) is 60.8 Å². The van der Waals surface area contributed by atoms with Crippen molar-refractivity contribution in [3.8, 4) is 11.4 Å². The molecule has 1 aromatic carbocycles. The number of rotatable bonds is 11. The highest BCUT2D eigenvalue weighted by Crippen LogP contribution is 2.39. The molecule has 0 spiro atoms. The van der Waals surface area contributed by atoms with Crippen LogP contribution in [0.15, 0.2) is 24.3 Å². The molecule has 1 aliphatic rings. The fourth-order valence-corrected chi connectivity index (χ4v) is 4.65. The second-order valence-electron chi connectivity index (χ2n) is 9.97. The molecule has 1 aliphatic carbocycles. The number of fused-ring (bicyclic) bond motifs is 1. The van der Waals surface area contributed by atoms with Crippen molar-refractivity contribution in [1.29, 1.82) is 0 Å². The Morgan fingerprint density at radius 3 is 2.50 bits per heavy atom. The second kappa shape index (κ2) is 11.2. The molecular weight excluding hydrogens is 428 g/mol. The number of aryl methyl sites for hydroxylation is 1. The summed E-state index contributed by atoms with van der Waals surface area (Å²) in [6, 6.07) is 7.48. The lowest BCUT2D eigenvalue weighted by molar-refractivity contribution is 0.0466. The number of carbonyl (C=O) groups is 2. The van der Waals surface area contributed by atoms with Gasteiger partial charge in [-0.15, -0.1) is 0 Å². The molecule has 3 rings (SSSR count). The summed E-state index contributed by atoms with van der Waals surface area (Å²) in [4.78, 5) is 27.8. The normalized spacial score (nSPS) is 14.9. The molecule has 0 saturated heterocycles. The summed E-state index contributed by atoms with van der Waals surface area (Å²) in [6.45, 7) is 16.1. The Bertz CT molecular complexity index is 1020. The van der Waals surface area contributed by atoms with Gasteiger partial charge in [-0.1, -0.05) is 41.0 Å². The zero-order valence-electron chi connectivity index (χ0n) is 21.7. The molecule has 6 nitrogen and oxygen atoms in total. The Morgan fingerprint density at radius 1 is 1.09 bits per heavy atom. The fourth-order valence-electron chi connectivity index (χ4n) is 4.65. The van der Waals surface area contributed by atoms with E-state index in [1.54, 1.807) is 12.1 Å². The predicted molar refractivity (Wildman–Crippen MR) is 135 cm³/mol. The maximum atomic E-state index is 12.8. The monoisotopic (exact) mass is 468 g/mol. The number of nitrogens with zero attached hydrogens (tertiary/aromatic N) is 2. The van der Waals surface area contributed by atoms with Gasteiger partial charge in [-0.25, -0.2) is 4.79 Å². The van der Waals surface area contributed by atoms with Crippen molar-refractivity contribution in [3.63, 3.8) is 0 Å². The Labute approximate surface area is 204 Å². The number of Topliss-reactive ketones (excluding diaryl/α,β-unsaturated/α-hetero) is 1. The van der Waals surface area contributed by atoms with E-state index in [0.717, 1.165) is 61.5 Å². The molecule has 186 valence electrons. The minimum atomic E-state index is -0.346. The Morgan fingerprint density at radius 2 is 1.82 bits per heavy atom. The summed E-state index contributed by atoms with van der Waals surface area (Å²) in [5.41, 5.74) is 4.06. The van der Waals surface area contributed by atoms with E-state index >= 15 is 0 Å². The van der Waals surface area contributed by atoms with Crippen LogP contribution in [0.2, 0.25) is 0 Å². The zero-order chi connectivity index (χ0) is 24.9. The van der Waals surface area contributed by atoms with Crippen molar-refractivity contribution in [3.05, 3.63) is 46.8 Å². The van der Waals surface area contributed by atoms with Crippen LogP contribution in [0.4, 0.5) is 0 Å². The number of hydrogen-bond donors (Lipinski definition) is 0. The van der Waals surface area contributed by atoms with Gasteiger partial charge in [0.05, 0.1) is 17.9 Å². The van der Waals surface area contributed by atoms with Crippen molar-refractivity contribution in [2.75, 3.05) is 32.8 Å². The second-order valence-corrected chi connectivity index (χ2v) is 9.97. The summed E-state index contributed by atoms with van der Waals surface area (Å²) < 4.78 is 13.8. The molecule has 0 saturated carbocycles. The first-order chi connectivity index (χ1) is 16.2. The van der Waals surface area contributed by atoms with Gasteiger partial charge in [0.25, 0.3) is 0 Å². The van der Waals surface area contributed by atoms with Crippen LogP contribution in [0.25, 0.3) is 5.69 Å². The van der Waals surface area contributed by atoms with Gasteiger partial charge in [0.1, 0.15) is 12.4 Å². The third-order valence-electron chi connectivity index (χ3n) is 6.60. The molecule has 1 aromatic heterocycles. The van der Waals surface area contributed by atoms with Gasteiger partial charge in [-0.2, -0.15) is 0 Å². The molecule has 0 amide bonds. The van der Waals surface area contributed by atoms with Gasteiger partial charge in [-0.05, 0) is 62.5 Å². The molecule has 2 aromatic rings. The Kier molecular flexibility index (Phi) is 8.58. The van der Waals surface area contributed by atoms with Gasteiger partial charge in [0, 0.05) is 29.9 Å². The molecule has 0 fully saturated rings. The summed E-state index contributed by atoms with van der Waals surface area (Å²) in [5.74, 6) is 0.487. The maximum Gasteiger partial charge on any atom is 0.338 e. The molecule has 0 N–H and O–H groups in total. The largest absolute Gasteiger partial charge is 0.491 e. The van der Waals surface area contributed by atoms with Crippen molar-refractivity contribution >= 4 is 11.8 Å². The molecule has 0 radical (unpaired) electrons. The van der Waals surface area contributed by atoms with Crippen LogP contribution in [-0.4, -0.2) is 54.1 Å². The van der Waals surface area contributed by atoms with E-state index in [2.05, 4.69) is 44.1 Å². The lowest BCUT2D eigenvalue weighted by Crippen LogP contribution is -2.28. The smallest absolute Gasteiger partial charge is 0.338 e. The van der Waals surface area contributed by atoms with E-state index < -0.39 is 0 Å².